The Labute approximate surface area is 58.2 Å². The highest BCUT2D eigenvalue weighted by Gasteiger charge is 2.01. The fourth-order valence-electron chi connectivity index (χ4n) is 0.444. The summed E-state index contributed by atoms with van der Waals surface area (Å²) in [6.07, 6.45) is 2.05. The molecule has 1 nitrogen and oxygen atoms in total. The van der Waals surface area contributed by atoms with E-state index in [4.69, 9.17) is 0 Å². The lowest BCUT2D eigenvalue weighted by molar-refractivity contribution is 0.539. The van der Waals surface area contributed by atoms with Crippen LogP contribution < -0.4 is 0 Å². The fraction of sp³-hybridized carbons (Fsp3) is 0.875. The van der Waals surface area contributed by atoms with Crippen molar-refractivity contribution in [2.75, 3.05) is 6.54 Å². The van der Waals surface area contributed by atoms with Crippen molar-refractivity contribution >= 4 is 6.21 Å². The monoisotopic (exact) mass is 127 g/mol. The van der Waals surface area contributed by atoms with Crippen LogP contribution >= 0.6 is 0 Å². The highest BCUT2D eigenvalue weighted by atomic mass is 14.7. The summed E-state index contributed by atoms with van der Waals surface area (Å²) in [5, 5.41) is 0. The second-order valence-electron chi connectivity index (χ2n) is 2.75. The number of nitrogens with zero attached hydrogens (tertiary/aromatic N) is 1. The summed E-state index contributed by atoms with van der Waals surface area (Å²) in [6, 6.07) is 0. The molecule has 0 saturated heterocycles. The fourth-order valence-corrected chi connectivity index (χ4v) is 0.444. The van der Waals surface area contributed by atoms with Crippen LogP contribution in [0.15, 0.2) is 4.99 Å². The van der Waals surface area contributed by atoms with Crippen LogP contribution in [0.3, 0.4) is 0 Å². The minimum absolute atomic E-state index is 0.630. The third-order valence-corrected chi connectivity index (χ3v) is 1.57. The Hall–Kier alpha value is -0.330. The largest absolute Gasteiger partial charge is 0.298 e. The lowest BCUT2D eigenvalue weighted by Crippen LogP contribution is -2.04. The number of rotatable bonds is 3. The van der Waals surface area contributed by atoms with Gasteiger partial charge in [0.1, 0.15) is 0 Å². The zero-order valence-corrected chi connectivity index (χ0v) is 6.89. The predicted molar refractivity (Wildman–Crippen MR) is 43.0 cm³/mol. The van der Waals surface area contributed by atoms with Crippen molar-refractivity contribution in [1.29, 1.82) is 0 Å². The minimum atomic E-state index is 0.630. The molecule has 1 unspecified atom stereocenters. The first-order valence-electron chi connectivity index (χ1n) is 3.68. The van der Waals surface area contributed by atoms with Crippen LogP contribution in [-0.4, -0.2) is 12.8 Å². The second kappa shape index (κ2) is 4.54. The Morgan fingerprint density at radius 1 is 1.33 bits per heavy atom. The van der Waals surface area contributed by atoms with Gasteiger partial charge in [0.25, 0.3) is 0 Å². The van der Waals surface area contributed by atoms with Crippen LogP contribution in [0.25, 0.3) is 0 Å². The molecule has 9 heavy (non-hydrogen) atoms. The van der Waals surface area contributed by atoms with E-state index >= 15 is 0 Å². The van der Waals surface area contributed by atoms with Crippen molar-refractivity contribution in [2.24, 2.45) is 16.8 Å². The van der Waals surface area contributed by atoms with E-state index in [2.05, 4.69) is 32.7 Å². The highest BCUT2D eigenvalue weighted by molar-refractivity contribution is 5.60. The maximum atomic E-state index is 4.17. The topological polar surface area (TPSA) is 12.4 Å². The van der Waals surface area contributed by atoms with Gasteiger partial charge in [0.05, 0.1) is 0 Å². The molecule has 54 valence electrons. The summed E-state index contributed by atoms with van der Waals surface area (Å²) in [5.74, 6) is 1.35. The Morgan fingerprint density at radius 3 is 2.22 bits per heavy atom. The smallest absolute Gasteiger partial charge is 0.0357 e. The van der Waals surface area contributed by atoms with Crippen molar-refractivity contribution < 1.29 is 0 Å². The molecule has 0 spiro atoms. The van der Waals surface area contributed by atoms with Crippen LogP contribution in [0, 0.1) is 11.8 Å². The van der Waals surface area contributed by atoms with E-state index in [0.29, 0.717) is 5.92 Å². The van der Waals surface area contributed by atoms with E-state index in [9.17, 15) is 0 Å². The van der Waals surface area contributed by atoms with Crippen molar-refractivity contribution in [3.05, 3.63) is 0 Å². The Bertz CT molecular complexity index is 84.6. The van der Waals surface area contributed by atoms with Gasteiger partial charge in [-0.3, -0.25) is 4.99 Å². The van der Waals surface area contributed by atoms with E-state index < -0.39 is 0 Å². The van der Waals surface area contributed by atoms with Gasteiger partial charge in [-0.25, -0.2) is 0 Å². The molecule has 0 aliphatic rings. The summed E-state index contributed by atoms with van der Waals surface area (Å²) in [4.78, 5) is 4.17. The molecule has 0 aromatic rings. The molecular weight excluding hydrogens is 110 g/mol. The zero-order valence-electron chi connectivity index (χ0n) is 6.89. The summed E-state index contributed by atoms with van der Waals surface area (Å²) >= 11 is 0. The van der Waals surface area contributed by atoms with Gasteiger partial charge in [0, 0.05) is 12.8 Å². The predicted octanol–water partition coefficient (Wildman–Crippen LogP) is 2.37. The molecule has 0 N–H and O–H groups in total. The second-order valence-corrected chi connectivity index (χ2v) is 2.75. The molecular formula is C8H17N. The molecule has 0 heterocycles. The van der Waals surface area contributed by atoms with E-state index in [0.717, 1.165) is 12.5 Å². The first kappa shape index (κ1) is 8.67. The molecule has 1 heteroatoms. The third kappa shape index (κ3) is 4.19. The molecule has 0 aromatic heterocycles. The van der Waals surface area contributed by atoms with Crippen LogP contribution in [-0.2, 0) is 0 Å². The number of hydrogen-bond acceptors (Lipinski definition) is 1. The van der Waals surface area contributed by atoms with E-state index in [1.54, 1.807) is 0 Å². The molecule has 0 bridgehead atoms. The van der Waals surface area contributed by atoms with Crippen LogP contribution in [0.2, 0.25) is 0 Å². The average molecular weight is 127 g/mol. The van der Waals surface area contributed by atoms with Crippen molar-refractivity contribution in [2.45, 2.75) is 27.7 Å². The van der Waals surface area contributed by atoms with Crippen molar-refractivity contribution in [1.82, 2.24) is 0 Å². The standard InChI is InChI=1S/C8H17N/c1-5-9-6-8(4)7(2)3/h6-8H,5H2,1-4H3. The van der Waals surface area contributed by atoms with Gasteiger partial charge in [0.15, 0.2) is 0 Å². The molecule has 0 radical (unpaired) electrons. The molecule has 0 aromatic carbocycles. The van der Waals surface area contributed by atoms with Crippen LogP contribution in [0.1, 0.15) is 27.7 Å². The Morgan fingerprint density at radius 2 is 1.89 bits per heavy atom. The Balaban J connectivity index is 3.48. The quantitative estimate of drug-likeness (QED) is 0.516. The maximum absolute atomic E-state index is 4.17. The van der Waals surface area contributed by atoms with Gasteiger partial charge >= 0.3 is 0 Å². The van der Waals surface area contributed by atoms with Crippen LogP contribution in [0.5, 0.6) is 0 Å². The molecule has 0 aliphatic carbocycles. The highest BCUT2D eigenvalue weighted by Crippen LogP contribution is 2.05. The number of hydrogen-bond donors (Lipinski definition) is 0. The average Bonchev–Trinajstić information content (AvgIpc) is 1.82. The molecule has 0 rings (SSSR count). The van der Waals surface area contributed by atoms with Gasteiger partial charge in [-0.1, -0.05) is 20.8 Å². The van der Waals surface area contributed by atoms with E-state index in [-0.39, 0.29) is 0 Å². The maximum Gasteiger partial charge on any atom is 0.0357 e. The van der Waals surface area contributed by atoms with Gasteiger partial charge in [-0.2, -0.15) is 0 Å². The van der Waals surface area contributed by atoms with Gasteiger partial charge in [-0.15, -0.1) is 0 Å². The summed E-state index contributed by atoms with van der Waals surface area (Å²) in [6.45, 7) is 9.60. The third-order valence-electron chi connectivity index (χ3n) is 1.57. The minimum Gasteiger partial charge on any atom is -0.298 e. The summed E-state index contributed by atoms with van der Waals surface area (Å²) in [5.41, 5.74) is 0. The Kier molecular flexibility index (Phi) is 4.37. The first-order valence-corrected chi connectivity index (χ1v) is 3.68. The molecule has 0 saturated carbocycles. The van der Waals surface area contributed by atoms with E-state index in [1.165, 1.54) is 0 Å². The molecule has 0 fully saturated rings. The van der Waals surface area contributed by atoms with E-state index in [1.807, 2.05) is 6.21 Å². The number of aliphatic imine (C=N–C) groups is 1. The zero-order chi connectivity index (χ0) is 7.28. The summed E-state index contributed by atoms with van der Waals surface area (Å²) < 4.78 is 0. The van der Waals surface area contributed by atoms with Crippen molar-refractivity contribution in [3.8, 4) is 0 Å². The normalized spacial score (nSPS) is 15.2. The SMILES string of the molecule is CCN=CC(C)C(C)C. The lowest BCUT2D eigenvalue weighted by atomic mass is 10.00. The summed E-state index contributed by atoms with van der Waals surface area (Å²) in [7, 11) is 0. The van der Waals surface area contributed by atoms with Gasteiger partial charge in [0.2, 0.25) is 0 Å². The van der Waals surface area contributed by atoms with Gasteiger partial charge < -0.3 is 0 Å². The molecule has 0 amide bonds. The molecule has 0 aliphatic heterocycles. The molecule has 1 atom stereocenters. The van der Waals surface area contributed by atoms with Crippen LogP contribution in [0.4, 0.5) is 0 Å². The van der Waals surface area contributed by atoms with Gasteiger partial charge in [-0.05, 0) is 18.8 Å². The lowest BCUT2D eigenvalue weighted by Gasteiger charge is -2.07. The van der Waals surface area contributed by atoms with Crippen molar-refractivity contribution in [3.63, 3.8) is 0 Å². The first-order chi connectivity index (χ1) is 4.18.